The summed E-state index contributed by atoms with van der Waals surface area (Å²) in [6.07, 6.45) is 5.04. The van der Waals surface area contributed by atoms with E-state index in [0.717, 1.165) is 12.8 Å². The topological polar surface area (TPSA) is 29.5 Å². The number of aliphatic hydroxyl groups excluding tert-OH is 1. The van der Waals surface area contributed by atoms with Crippen molar-refractivity contribution >= 4 is 31.8 Å². The van der Waals surface area contributed by atoms with Gasteiger partial charge in [-0.3, -0.25) is 0 Å². The molecule has 2 nitrogen and oxygen atoms in total. The van der Waals surface area contributed by atoms with Crippen LogP contribution >= 0.6 is 23.5 Å². The van der Waals surface area contributed by atoms with Crippen molar-refractivity contribution in [3.05, 3.63) is 30.3 Å². The molecule has 1 fully saturated rings. The first-order valence-electron chi connectivity index (χ1n) is 9.84. The predicted octanol–water partition coefficient (Wildman–Crippen LogP) is 6.56. The average molecular weight is 413 g/mol. The van der Waals surface area contributed by atoms with Crippen molar-refractivity contribution in [2.45, 2.75) is 86.1 Å². The lowest BCUT2D eigenvalue weighted by Gasteiger charge is -2.38. The summed E-state index contributed by atoms with van der Waals surface area (Å²) in [5, 5.41) is 11.0. The molecule has 1 aromatic carbocycles. The summed E-state index contributed by atoms with van der Waals surface area (Å²) in [5.41, 5.74) is 0. The maximum Gasteiger partial charge on any atom is 0.191 e. The van der Waals surface area contributed by atoms with Crippen LogP contribution in [0.2, 0.25) is 18.1 Å². The molecule has 5 heteroatoms. The van der Waals surface area contributed by atoms with E-state index < -0.39 is 8.32 Å². The molecule has 0 aromatic heterocycles. The van der Waals surface area contributed by atoms with Crippen LogP contribution in [0.3, 0.4) is 0 Å². The van der Waals surface area contributed by atoms with Crippen LogP contribution in [0, 0.1) is 0 Å². The Hall–Kier alpha value is 0.0569. The van der Waals surface area contributed by atoms with Gasteiger partial charge in [-0.25, -0.2) is 0 Å². The fourth-order valence-corrected chi connectivity index (χ4v) is 7.34. The number of thioether (sulfide) groups is 2. The first-order valence-corrected chi connectivity index (χ1v) is 14.5. The Bertz CT molecular complexity index is 537. The molecule has 1 aromatic rings. The van der Waals surface area contributed by atoms with Gasteiger partial charge in [0.2, 0.25) is 0 Å². The molecule has 0 amide bonds. The predicted molar refractivity (Wildman–Crippen MR) is 120 cm³/mol. The smallest absolute Gasteiger partial charge is 0.191 e. The summed E-state index contributed by atoms with van der Waals surface area (Å²) in [4.78, 5) is 1.31. The summed E-state index contributed by atoms with van der Waals surface area (Å²) in [5.74, 6) is 1.20. The molecule has 0 spiro atoms. The number of rotatable bonds is 8. The Morgan fingerprint density at radius 1 is 1.23 bits per heavy atom. The molecule has 1 N–H and O–H groups in total. The van der Waals surface area contributed by atoms with Gasteiger partial charge in [-0.15, -0.1) is 23.5 Å². The molecular formula is C21H36O2S2Si. The fraction of sp³-hybridized carbons (Fsp3) is 0.714. The second-order valence-electron chi connectivity index (χ2n) is 8.89. The Kier molecular flexibility index (Phi) is 8.17. The minimum Gasteiger partial charge on any atom is -0.417 e. The van der Waals surface area contributed by atoms with E-state index in [0.29, 0.717) is 6.61 Å². The van der Waals surface area contributed by atoms with Crippen molar-refractivity contribution in [1.82, 2.24) is 0 Å². The molecule has 1 aliphatic rings. The minimum absolute atomic E-state index is 0.107. The standard InChI is InChI=1S/C21H36O2S2Si/c1-20(2,3)26(4,5)23-15-13-18(22)17-21(14-9-10-16-24-21)25-19-11-7-6-8-12-19/h6-8,11-12,18,22H,9-10,13-17H2,1-5H3/t18-,21-/m0/s1. The lowest BCUT2D eigenvalue weighted by Crippen LogP contribution is -2.41. The molecule has 0 bridgehead atoms. The van der Waals surface area contributed by atoms with Crippen LogP contribution in [-0.2, 0) is 4.43 Å². The molecule has 0 aliphatic carbocycles. The number of benzene rings is 1. The van der Waals surface area contributed by atoms with E-state index in [1.807, 2.05) is 23.5 Å². The van der Waals surface area contributed by atoms with Gasteiger partial charge in [0.05, 0.1) is 10.2 Å². The summed E-state index contributed by atoms with van der Waals surface area (Å²) in [6, 6.07) is 10.7. The third-order valence-corrected chi connectivity index (χ3v) is 13.4. The Balaban J connectivity index is 1.91. The van der Waals surface area contributed by atoms with Crippen molar-refractivity contribution in [3.63, 3.8) is 0 Å². The molecule has 2 rings (SSSR count). The summed E-state index contributed by atoms with van der Waals surface area (Å²) in [6.45, 7) is 12.0. The van der Waals surface area contributed by atoms with Gasteiger partial charge in [0, 0.05) is 11.5 Å². The van der Waals surface area contributed by atoms with Gasteiger partial charge in [0.25, 0.3) is 0 Å². The molecule has 1 saturated heterocycles. The number of hydrogen-bond acceptors (Lipinski definition) is 4. The van der Waals surface area contributed by atoms with Gasteiger partial charge in [0.15, 0.2) is 8.32 Å². The SMILES string of the molecule is CC(C)(C)[Si](C)(C)OCC[C@H](O)C[C@@]1(Sc2ccccc2)CCCCS1. The van der Waals surface area contributed by atoms with Crippen LogP contribution in [0.1, 0.15) is 52.9 Å². The normalized spacial score (nSPS) is 23.0. The van der Waals surface area contributed by atoms with Crippen LogP contribution in [-0.4, -0.2) is 36.0 Å². The van der Waals surface area contributed by atoms with Crippen LogP contribution in [0.15, 0.2) is 35.2 Å². The van der Waals surface area contributed by atoms with E-state index in [9.17, 15) is 5.11 Å². The van der Waals surface area contributed by atoms with E-state index in [1.54, 1.807) is 0 Å². The van der Waals surface area contributed by atoms with Crippen molar-refractivity contribution in [2.24, 2.45) is 0 Å². The number of hydrogen-bond donors (Lipinski definition) is 1. The molecule has 1 aliphatic heterocycles. The Morgan fingerprint density at radius 3 is 2.50 bits per heavy atom. The zero-order chi connectivity index (χ0) is 19.3. The van der Waals surface area contributed by atoms with Crippen LogP contribution in [0.25, 0.3) is 0 Å². The first-order chi connectivity index (χ1) is 12.1. The maximum absolute atomic E-state index is 10.8. The van der Waals surface area contributed by atoms with E-state index in [-0.39, 0.29) is 15.2 Å². The zero-order valence-electron chi connectivity index (χ0n) is 17.1. The molecule has 1 heterocycles. The molecule has 0 saturated carbocycles. The Labute approximate surface area is 170 Å². The second kappa shape index (κ2) is 9.51. The summed E-state index contributed by atoms with van der Waals surface area (Å²) < 4.78 is 6.38. The largest absolute Gasteiger partial charge is 0.417 e. The van der Waals surface area contributed by atoms with Crippen LogP contribution in [0.4, 0.5) is 0 Å². The maximum atomic E-state index is 10.8. The summed E-state index contributed by atoms with van der Waals surface area (Å²) in [7, 11) is -1.73. The zero-order valence-corrected chi connectivity index (χ0v) is 19.7. The molecule has 0 unspecified atom stereocenters. The fourth-order valence-electron chi connectivity index (χ4n) is 2.94. The van der Waals surface area contributed by atoms with E-state index >= 15 is 0 Å². The van der Waals surface area contributed by atoms with Crippen molar-refractivity contribution in [3.8, 4) is 0 Å². The van der Waals surface area contributed by atoms with E-state index in [4.69, 9.17) is 4.43 Å². The highest BCUT2D eigenvalue weighted by Gasteiger charge is 2.38. The Morgan fingerprint density at radius 2 is 1.92 bits per heavy atom. The van der Waals surface area contributed by atoms with Gasteiger partial charge in [-0.05, 0) is 61.7 Å². The highest BCUT2D eigenvalue weighted by atomic mass is 32.2. The molecule has 2 atom stereocenters. The van der Waals surface area contributed by atoms with Gasteiger partial charge in [0.1, 0.15) is 0 Å². The minimum atomic E-state index is -1.73. The molecule has 0 radical (unpaired) electrons. The monoisotopic (exact) mass is 412 g/mol. The molecular weight excluding hydrogens is 376 g/mol. The van der Waals surface area contributed by atoms with Crippen molar-refractivity contribution in [2.75, 3.05) is 12.4 Å². The van der Waals surface area contributed by atoms with Crippen molar-refractivity contribution < 1.29 is 9.53 Å². The van der Waals surface area contributed by atoms with Gasteiger partial charge < -0.3 is 9.53 Å². The van der Waals surface area contributed by atoms with E-state index in [1.165, 1.54) is 29.9 Å². The third kappa shape index (κ3) is 6.59. The van der Waals surface area contributed by atoms with Gasteiger partial charge >= 0.3 is 0 Å². The highest BCUT2D eigenvalue weighted by Crippen LogP contribution is 2.51. The average Bonchev–Trinajstić information content (AvgIpc) is 2.55. The molecule has 26 heavy (non-hydrogen) atoms. The van der Waals surface area contributed by atoms with Crippen molar-refractivity contribution in [1.29, 1.82) is 0 Å². The third-order valence-electron chi connectivity index (χ3n) is 5.63. The lowest BCUT2D eigenvalue weighted by molar-refractivity contribution is 0.123. The lowest BCUT2D eigenvalue weighted by atomic mass is 10.1. The van der Waals surface area contributed by atoms with Crippen LogP contribution in [0.5, 0.6) is 0 Å². The van der Waals surface area contributed by atoms with Gasteiger partial charge in [-0.2, -0.15) is 0 Å². The second-order valence-corrected chi connectivity index (χ2v) is 16.9. The van der Waals surface area contributed by atoms with E-state index in [2.05, 4.69) is 64.2 Å². The highest BCUT2D eigenvalue weighted by molar-refractivity contribution is 8.18. The number of aliphatic hydroxyl groups is 1. The summed E-state index contributed by atoms with van der Waals surface area (Å²) >= 11 is 4.00. The quantitative estimate of drug-likeness (QED) is 0.490. The van der Waals surface area contributed by atoms with Crippen LogP contribution < -0.4 is 0 Å². The van der Waals surface area contributed by atoms with Gasteiger partial charge in [-0.1, -0.05) is 45.4 Å². The molecule has 148 valence electrons. The first kappa shape index (κ1) is 22.3.